The lowest BCUT2D eigenvalue weighted by Gasteiger charge is -2.33. The van der Waals surface area contributed by atoms with Gasteiger partial charge in [-0.05, 0) is 56.5 Å². The SMILES string of the molecule is O=C(NC1CCCN(Cc2ccccn2)C1)c1cc(C2CC2)nc2ccccc12. The maximum atomic E-state index is 13.2. The number of aromatic nitrogens is 2. The smallest absolute Gasteiger partial charge is 0.252 e. The standard InChI is InChI=1S/C24H26N4O/c29-24(21-14-23(17-10-11-17)27-22-9-2-1-8-20(21)22)26-19-7-5-13-28(16-19)15-18-6-3-4-12-25-18/h1-4,6,8-9,12,14,17,19H,5,7,10-11,13,15-16H2,(H,26,29). The molecule has 1 saturated heterocycles. The van der Waals surface area contributed by atoms with Crippen molar-refractivity contribution in [1.82, 2.24) is 20.2 Å². The molecule has 148 valence electrons. The number of nitrogens with one attached hydrogen (secondary N) is 1. The minimum atomic E-state index is 0.0233. The summed E-state index contributed by atoms with van der Waals surface area (Å²) in [5.41, 5.74) is 3.82. The lowest BCUT2D eigenvalue weighted by molar-refractivity contribution is 0.0902. The highest BCUT2D eigenvalue weighted by Gasteiger charge is 2.28. The molecule has 1 aliphatic heterocycles. The molecule has 5 nitrogen and oxygen atoms in total. The van der Waals surface area contributed by atoms with Gasteiger partial charge in [-0.15, -0.1) is 0 Å². The van der Waals surface area contributed by atoms with Crippen molar-refractivity contribution >= 4 is 16.8 Å². The number of para-hydroxylation sites is 1. The first-order valence-corrected chi connectivity index (χ1v) is 10.6. The second-order valence-corrected chi connectivity index (χ2v) is 8.25. The molecule has 3 aromatic rings. The van der Waals surface area contributed by atoms with Gasteiger partial charge in [0.25, 0.3) is 5.91 Å². The van der Waals surface area contributed by atoms with E-state index in [1.807, 2.05) is 48.7 Å². The van der Waals surface area contributed by atoms with Crippen molar-refractivity contribution in [3.8, 4) is 0 Å². The van der Waals surface area contributed by atoms with Crippen molar-refractivity contribution in [1.29, 1.82) is 0 Å². The zero-order valence-corrected chi connectivity index (χ0v) is 16.6. The molecular weight excluding hydrogens is 360 g/mol. The van der Waals surface area contributed by atoms with Crippen molar-refractivity contribution in [3.05, 3.63) is 71.7 Å². The molecule has 0 bridgehead atoms. The Balaban J connectivity index is 1.32. The Hall–Kier alpha value is -2.79. The minimum absolute atomic E-state index is 0.0233. The summed E-state index contributed by atoms with van der Waals surface area (Å²) >= 11 is 0. The summed E-state index contributed by atoms with van der Waals surface area (Å²) in [4.78, 5) is 24.8. The van der Waals surface area contributed by atoms with Gasteiger partial charge in [0.2, 0.25) is 0 Å². The van der Waals surface area contributed by atoms with Crippen LogP contribution in [0.2, 0.25) is 0 Å². The van der Waals surface area contributed by atoms with Gasteiger partial charge in [-0.1, -0.05) is 24.3 Å². The van der Waals surface area contributed by atoms with E-state index in [1.54, 1.807) is 0 Å². The van der Waals surface area contributed by atoms with E-state index in [1.165, 1.54) is 12.8 Å². The first kappa shape index (κ1) is 18.3. The van der Waals surface area contributed by atoms with Gasteiger partial charge in [-0.3, -0.25) is 19.7 Å². The zero-order chi connectivity index (χ0) is 19.6. The fourth-order valence-corrected chi connectivity index (χ4v) is 4.27. The van der Waals surface area contributed by atoms with Crippen LogP contribution in [0.3, 0.4) is 0 Å². The van der Waals surface area contributed by atoms with Gasteiger partial charge in [0, 0.05) is 42.3 Å². The van der Waals surface area contributed by atoms with E-state index in [2.05, 4.69) is 21.3 Å². The highest BCUT2D eigenvalue weighted by atomic mass is 16.1. The number of nitrogens with zero attached hydrogens (tertiary/aromatic N) is 3. The summed E-state index contributed by atoms with van der Waals surface area (Å²) in [5, 5.41) is 4.24. The minimum Gasteiger partial charge on any atom is -0.348 e. The van der Waals surface area contributed by atoms with Gasteiger partial charge in [-0.25, -0.2) is 0 Å². The van der Waals surface area contributed by atoms with Crippen molar-refractivity contribution in [2.75, 3.05) is 13.1 Å². The zero-order valence-electron chi connectivity index (χ0n) is 16.6. The summed E-state index contributed by atoms with van der Waals surface area (Å²) in [6.07, 6.45) is 6.30. The fraction of sp³-hybridized carbons (Fsp3) is 0.375. The Morgan fingerprint density at radius 3 is 2.79 bits per heavy atom. The molecule has 0 radical (unpaired) electrons. The third kappa shape index (κ3) is 4.15. The van der Waals surface area contributed by atoms with Crippen LogP contribution in [0.15, 0.2) is 54.7 Å². The van der Waals surface area contributed by atoms with Crippen LogP contribution in [0.1, 0.15) is 53.3 Å². The quantitative estimate of drug-likeness (QED) is 0.722. The van der Waals surface area contributed by atoms with Gasteiger partial charge in [-0.2, -0.15) is 0 Å². The monoisotopic (exact) mass is 386 g/mol. The summed E-state index contributed by atoms with van der Waals surface area (Å²) in [5.74, 6) is 0.546. The van der Waals surface area contributed by atoms with Crippen LogP contribution in [-0.2, 0) is 6.54 Å². The van der Waals surface area contributed by atoms with E-state index in [9.17, 15) is 4.79 Å². The number of fused-ring (bicyclic) bond motifs is 1. The molecule has 2 fully saturated rings. The average Bonchev–Trinajstić information content (AvgIpc) is 3.59. The van der Waals surface area contributed by atoms with Crippen molar-refractivity contribution < 1.29 is 4.79 Å². The van der Waals surface area contributed by atoms with E-state index >= 15 is 0 Å². The molecule has 1 amide bonds. The lowest BCUT2D eigenvalue weighted by Crippen LogP contribution is -2.47. The number of hydrogen-bond donors (Lipinski definition) is 1. The Bertz CT molecular complexity index is 1020. The Morgan fingerprint density at radius 1 is 1.10 bits per heavy atom. The van der Waals surface area contributed by atoms with Crippen LogP contribution in [-0.4, -0.2) is 39.9 Å². The molecular formula is C24H26N4O. The predicted molar refractivity (Wildman–Crippen MR) is 114 cm³/mol. The van der Waals surface area contributed by atoms with Gasteiger partial charge in [0.05, 0.1) is 16.8 Å². The predicted octanol–water partition coefficient (Wildman–Crippen LogP) is 3.90. The normalized spacial score (nSPS) is 19.9. The summed E-state index contributed by atoms with van der Waals surface area (Å²) in [7, 11) is 0. The number of carbonyl (C=O) groups excluding carboxylic acids is 1. The lowest BCUT2D eigenvalue weighted by atomic mass is 10.0. The van der Waals surface area contributed by atoms with Crippen LogP contribution in [0.4, 0.5) is 0 Å². The van der Waals surface area contributed by atoms with Crippen molar-refractivity contribution in [2.24, 2.45) is 0 Å². The molecule has 29 heavy (non-hydrogen) atoms. The van der Waals surface area contributed by atoms with Crippen LogP contribution in [0, 0.1) is 0 Å². The molecule has 1 atom stereocenters. The van der Waals surface area contributed by atoms with Gasteiger partial charge in [0.15, 0.2) is 0 Å². The molecule has 1 unspecified atom stereocenters. The number of carbonyl (C=O) groups is 1. The first-order valence-electron chi connectivity index (χ1n) is 10.6. The second-order valence-electron chi connectivity index (χ2n) is 8.25. The summed E-state index contributed by atoms with van der Waals surface area (Å²) < 4.78 is 0. The Labute approximate surface area is 171 Å². The Kier molecular flexibility index (Phi) is 4.98. The van der Waals surface area contributed by atoms with Crippen molar-refractivity contribution in [2.45, 2.75) is 44.2 Å². The summed E-state index contributed by atoms with van der Waals surface area (Å²) in [6.45, 7) is 2.74. The van der Waals surface area contributed by atoms with E-state index in [4.69, 9.17) is 4.98 Å². The molecule has 2 aliphatic rings. The van der Waals surface area contributed by atoms with E-state index in [-0.39, 0.29) is 11.9 Å². The molecule has 0 spiro atoms. The number of piperidine rings is 1. The molecule has 5 rings (SSSR count). The third-order valence-electron chi connectivity index (χ3n) is 5.93. The molecule has 1 aromatic carbocycles. The Morgan fingerprint density at radius 2 is 1.97 bits per heavy atom. The number of hydrogen-bond acceptors (Lipinski definition) is 4. The van der Waals surface area contributed by atoms with Gasteiger partial charge >= 0.3 is 0 Å². The van der Waals surface area contributed by atoms with E-state index < -0.39 is 0 Å². The molecule has 3 heterocycles. The second kappa shape index (κ2) is 7.91. The van der Waals surface area contributed by atoms with Crippen LogP contribution in [0.25, 0.3) is 10.9 Å². The molecule has 2 aromatic heterocycles. The molecule has 1 saturated carbocycles. The molecule has 5 heteroatoms. The molecule has 1 aliphatic carbocycles. The van der Waals surface area contributed by atoms with Crippen LogP contribution in [0.5, 0.6) is 0 Å². The van der Waals surface area contributed by atoms with Crippen LogP contribution >= 0.6 is 0 Å². The van der Waals surface area contributed by atoms with Gasteiger partial charge in [0.1, 0.15) is 0 Å². The average molecular weight is 386 g/mol. The first-order chi connectivity index (χ1) is 14.3. The van der Waals surface area contributed by atoms with Crippen molar-refractivity contribution in [3.63, 3.8) is 0 Å². The summed E-state index contributed by atoms with van der Waals surface area (Å²) in [6, 6.07) is 16.2. The van der Waals surface area contributed by atoms with E-state index in [0.717, 1.165) is 60.3 Å². The largest absolute Gasteiger partial charge is 0.348 e. The van der Waals surface area contributed by atoms with E-state index in [0.29, 0.717) is 5.92 Å². The van der Waals surface area contributed by atoms with Crippen LogP contribution < -0.4 is 5.32 Å². The number of likely N-dealkylation sites (tertiary alicyclic amines) is 1. The highest BCUT2D eigenvalue weighted by Crippen LogP contribution is 2.40. The van der Waals surface area contributed by atoms with Gasteiger partial charge < -0.3 is 5.32 Å². The number of rotatable bonds is 5. The number of pyridine rings is 2. The maximum absolute atomic E-state index is 13.2. The highest BCUT2D eigenvalue weighted by molar-refractivity contribution is 6.06. The third-order valence-corrected chi connectivity index (χ3v) is 5.93. The molecule has 1 N–H and O–H groups in total. The topological polar surface area (TPSA) is 58.1 Å². The number of amides is 1. The maximum Gasteiger partial charge on any atom is 0.252 e. The number of benzene rings is 1. The fourth-order valence-electron chi connectivity index (χ4n) is 4.27.